The Morgan fingerprint density at radius 2 is 1.88 bits per heavy atom. The summed E-state index contributed by atoms with van der Waals surface area (Å²) in [4.78, 5) is 2.32. The molecule has 1 nitrogen and oxygen atoms in total. The van der Waals surface area contributed by atoms with E-state index in [2.05, 4.69) is 70.5 Å². The Morgan fingerprint density at radius 3 is 2.38 bits per heavy atom. The van der Waals surface area contributed by atoms with Crippen molar-refractivity contribution in [3.8, 4) is 0 Å². The molecule has 2 heteroatoms. The lowest BCUT2D eigenvalue weighted by Crippen LogP contribution is -2.32. The molecule has 0 amide bonds. The Kier molecular flexibility index (Phi) is 4.31. The van der Waals surface area contributed by atoms with Crippen LogP contribution in [0.3, 0.4) is 0 Å². The number of nitrogens with zero attached hydrogens (tertiary/aromatic N) is 1. The van der Waals surface area contributed by atoms with Gasteiger partial charge in [0.2, 0.25) is 0 Å². The molecule has 0 N–H and O–H groups in total. The van der Waals surface area contributed by atoms with Crippen LogP contribution in [0, 0.1) is 19.3 Å². The summed E-state index contributed by atoms with van der Waals surface area (Å²) >= 11 is 4.40. The van der Waals surface area contributed by atoms with Crippen LogP contribution in [0.5, 0.6) is 0 Å². The van der Waals surface area contributed by atoms with Crippen LogP contribution in [0.2, 0.25) is 0 Å². The largest absolute Gasteiger partial charge is 0.374 e. The van der Waals surface area contributed by atoms with Gasteiger partial charge in [0.05, 0.1) is 0 Å². The minimum atomic E-state index is 0.245. The maximum atomic E-state index is 4.40. The molecule has 0 radical (unpaired) electrons. The van der Waals surface area contributed by atoms with Crippen LogP contribution < -0.4 is 4.90 Å². The van der Waals surface area contributed by atoms with Gasteiger partial charge in [0, 0.05) is 19.3 Å². The topological polar surface area (TPSA) is 3.24 Å². The fraction of sp³-hybridized carbons (Fsp3) is 0.571. The third-order valence-electron chi connectivity index (χ3n) is 2.86. The van der Waals surface area contributed by atoms with Crippen LogP contribution in [0.1, 0.15) is 25.0 Å². The second-order valence-electron chi connectivity index (χ2n) is 5.47. The van der Waals surface area contributed by atoms with E-state index in [-0.39, 0.29) is 5.41 Å². The van der Waals surface area contributed by atoms with Crippen molar-refractivity contribution in [3.05, 3.63) is 29.3 Å². The van der Waals surface area contributed by atoms with Gasteiger partial charge in [0.1, 0.15) is 0 Å². The zero-order valence-corrected chi connectivity index (χ0v) is 11.9. The first-order valence-electron chi connectivity index (χ1n) is 5.75. The monoisotopic (exact) mass is 237 g/mol. The lowest BCUT2D eigenvalue weighted by molar-refractivity contribution is 0.430. The van der Waals surface area contributed by atoms with Crippen molar-refractivity contribution in [3.63, 3.8) is 0 Å². The van der Waals surface area contributed by atoms with Crippen LogP contribution in [0.25, 0.3) is 0 Å². The molecule has 0 heterocycles. The van der Waals surface area contributed by atoms with Gasteiger partial charge in [0.25, 0.3) is 0 Å². The number of thiol groups is 1. The van der Waals surface area contributed by atoms with Gasteiger partial charge < -0.3 is 4.90 Å². The van der Waals surface area contributed by atoms with Crippen LogP contribution in [0.15, 0.2) is 18.2 Å². The molecular formula is C14H23NS. The molecule has 0 unspecified atom stereocenters. The van der Waals surface area contributed by atoms with Crippen LogP contribution in [-0.4, -0.2) is 19.3 Å². The predicted molar refractivity (Wildman–Crippen MR) is 76.8 cm³/mol. The normalized spacial score (nSPS) is 11.6. The zero-order chi connectivity index (χ0) is 12.3. The molecule has 0 aliphatic heterocycles. The quantitative estimate of drug-likeness (QED) is 0.782. The first-order valence-corrected chi connectivity index (χ1v) is 6.38. The number of hydrogen-bond acceptors (Lipinski definition) is 2. The smallest absolute Gasteiger partial charge is 0.0393 e. The van der Waals surface area contributed by atoms with Crippen LogP contribution >= 0.6 is 12.6 Å². The second kappa shape index (κ2) is 5.13. The summed E-state index contributed by atoms with van der Waals surface area (Å²) in [6.07, 6.45) is 0. The number of aryl methyl sites for hydroxylation is 2. The van der Waals surface area contributed by atoms with E-state index in [9.17, 15) is 0 Å². The molecule has 90 valence electrons. The molecule has 0 bridgehead atoms. The van der Waals surface area contributed by atoms with Crippen molar-refractivity contribution in [2.24, 2.45) is 5.41 Å². The van der Waals surface area contributed by atoms with E-state index < -0.39 is 0 Å². The molecular weight excluding hydrogens is 214 g/mol. The molecule has 0 aliphatic rings. The SMILES string of the molecule is Cc1ccc(N(C)CC(C)(C)CS)c(C)c1. The summed E-state index contributed by atoms with van der Waals surface area (Å²) in [5.41, 5.74) is 4.23. The minimum absolute atomic E-state index is 0.245. The summed E-state index contributed by atoms with van der Waals surface area (Å²) in [6, 6.07) is 6.62. The Balaban J connectivity index is 2.84. The van der Waals surface area contributed by atoms with Crippen molar-refractivity contribution in [2.45, 2.75) is 27.7 Å². The molecule has 0 aromatic heterocycles. The standard InChI is InChI=1S/C14H23NS/c1-11-6-7-13(12(2)8-11)15(5)9-14(3,4)10-16/h6-8,16H,9-10H2,1-5H3. The molecule has 0 spiro atoms. The third kappa shape index (κ3) is 3.44. The van der Waals surface area contributed by atoms with Crippen LogP contribution in [0.4, 0.5) is 5.69 Å². The Bertz CT molecular complexity index is 358. The van der Waals surface area contributed by atoms with Gasteiger partial charge in [-0.25, -0.2) is 0 Å². The molecule has 1 rings (SSSR count). The second-order valence-corrected chi connectivity index (χ2v) is 5.78. The average molecular weight is 237 g/mol. The van der Waals surface area contributed by atoms with Crippen molar-refractivity contribution in [1.29, 1.82) is 0 Å². The first-order chi connectivity index (χ1) is 7.35. The molecule has 0 aliphatic carbocycles. The molecule has 0 saturated carbocycles. The van der Waals surface area contributed by atoms with Gasteiger partial charge in [0.15, 0.2) is 0 Å². The number of benzene rings is 1. The van der Waals surface area contributed by atoms with E-state index in [1.165, 1.54) is 16.8 Å². The Labute approximate surface area is 105 Å². The maximum Gasteiger partial charge on any atom is 0.0393 e. The Hall–Kier alpha value is -0.630. The number of anilines is 1. The van der Waals surface area contributed by atoms with Crippen molar-refractivity contribution < 1.29 is 0 Å². The van der Waals surface area contributed by atoms with Gasteiger partial charge in [-0.3, -0.25) is 0 Å². The predicted octanol–water partition coefficient (Wildman–Crippen LogP) is 3.70. The van der Waals surface area contributed by atoms with Gasteiger partial charge in [-0.05, 0) is 36.6 Å². The zero-order valence-electron chi connectivity index (χ0n) is 11.0. The summed E-state index contributed by atoms with van der Waals surface area (Å²) in [5.74, 6) is 0.905. The lowest BCUT2D eigenvalue weighted by atomic mass is 9.95. The highest BCUT2D eigenvalue weighted by molar-refractivity contribution is 7.80. The van der Waals surface area contributed by atoms with E-state index in [0.29, 0.717) is 0 Å². The summed E-state index contributed by atoms with van der Waals surface area (Å²) in [6.45, 7) is 9.83. The highest BCUT2D eigenvalue weighted by Gasteiger charge is 2.19. The van der Waals surface area contributed by atoms with Gasteiger partial charge in [-0.2, -0.15) is 12.6 Å². The van der Waals surface area contributed by atoms with Crippen molar-refractivity contribution in [2.75, 3.05) is 24.2 Å². The molecule has 0 saturated heterocycles. The average Bonchev–Trinajstić information content (AvgIpc) is 2.16. The lowest BCUT2D eigenvalue weighted by Gasteiger charge is -2.31. The molecule has 0 fully saturated rings. The molecule has 1 aromatic carbocycles. The maximum absolute atomic E-state index is 4.40. The van der Waals surface area contributed by atoms with E-state index in [1.54, 1.807) is 0 Å². The van der Waals surface area contributed by atoms with Gasteiger partial charge in [-0.15, -0.1) is 0 Å². The summed E-state index contributed by atoms with van der Waals surface area (Å²) < 4.78 is 0. The fourth-order valence-electron chi connectivity index (χ4n) is 2.01. The van der Waals surface area contributed by atoms with Gasteiger partial charge >= 0.3 is 0 Å². The number of hydrogen-bond donors (Lipinski definition) is 1. The molecule has 1 aromatic rings. The van der Waals surface area contributed by atoms with Crippen molar-refractivity contribution in [1.82, 2.24) is 0 Å². The fourth-order valence-corrected chi connectivity index (χ4v) is 2.11. The molecule has 0 atom stereocenters. The first kappa shape index (κ1) is 13.4. The highest BCUT2D eigenvalue weighted by Crippen LogP contribution is 2.25. The van der Waals surface area contributed by atoms with E-state index >= 15 is 0 Å². The molecule has 16 heavy (non-hydrogen) atoms. The highest BCUT2D eigenvalue weighted by atomic mass is 32.1. The Morgan fingerprint density at radius 1 is 1.25 bits per heavy atom. The van der Waals surface area contributed by atoms with E-state index in [0.717, 1.165) is 12.3 Å². The van der Waals surface area contributed by atoms with Gasteiger partial charge in [-0.1, -0.05) is 31.5 Å². The summed E-state index contributed by atoms with van der Waals surface area (Å²) in [7, 11) is 2.16. The summed E-state index contributed by atoms with van der Waals surface area (Å²) in [5, 5.41) is 0. The van der Waals surface area contributed by atoms with E-state index in [4.69, 9.17) is 0 Å². The minimum Gasteiger partial charge on any atom is -0.374 e. The van der Waals surface area contributed by atoms with Crippen molar-refractivity contribution >= 4 is 18.3 Å². The number of rotatable bonds is 4. The van der Waals surface area contributed by atoms with E-state index in [1.807, 2.05) is 0 Å². The third-order valence-corrected chi connectivity index (χ3v) is 3.71. The van der Waals surface area contributed by atoms with Crippen LogP contribution in [-0.2, 0) is 0 Å².